The molecule has 1 aliphatic heterocycles. The van der Waals surface area contributed by atoms with E-state index in [4.69, 9.17) is 9.15 Å². The molecule has 110 valence electrons. The summed E-state index contributed by atoms with van der Waals surface area (Å²) >= 11 is 0. The summed E-state index contributed by atoms with van der Waals surface area (Å²) in [7, 11) is 0. The van der Waals surface area contributed by atoms with Gasteiger partial charge in [0.15, 0.2) is 5.58 Å². The number of ether oxygens (including phenoxy) is 1. The summed E-state index contributed by atoms with van der Waals surface area (Å²) in [6.07, 6.45) is 5.29. The van der Waals surface area contributed by atoms with E-state index in [0.29, 0.717) is 12.7 Å². The number of nitrogens with one attached hydrogen (secondary N) is 1. The second-order valence-electron chi connectivity index (χ2n) is 5.13. The molecule has 0 atom stereocenters. The third-order valence-corrected chi connectivity index (χ3v) is 3.72. The van der Waals surface area contributed by atoms with Gasteiger partial charge < -0.3 is 14.5 Å². The van der Waals surface area contributed by atoms with Crippen LogP contribution >= 0.6 is 12.4 Å². The van der Waals surface area contributed by atoms with Crippen molar-refractivity contribution in [2.75, 3.05) is 19.7 Å². The van der Waals surface area contributed by atoms with Gasteiger partial charge in [-0.25, -0.2) is 0 Å². The lowest BCUT2D eigenvalue weighted by Crippen LogP contribution is -2.27. The van der Waals surface area contributed by atoms with Gasteiger partial charge >= 0.3 is 6.08 Å². The van der Waals surface area contributed by atoms with Gasteiger partial charge in [-0.15, -0.1) is 12.4 Å². The number of aromatic nitrogens is 1. The fourth-order valence-electron chi connectivity index (χ4n) is 2.61. The van der Waals surface area contributed by atoms with Crippen molar-refractivity contribution in [2.24, 2.45) is 5.92 Å². The summed E-state index contributed by atoms with van der Waals surface area (Å²) in [5.41, 5.74) is 1.65. The van der Waals surface area contributed by atoms with Crippen LogP contribution in [0.5, 0.6) is 6.08 Å². The average molecular weight is 297 g/mol. The SMILES string of the molecule is Cl.c1ccc2oc(OCCCC3CCNCC3)nc2c1. The van der Waals surface area contributed by atoms with Crippen LogP contribution in [0.25, 0.3) is 11.1 Å². The standard InChI is InChI=1S/C15H20N2O2.ClH/c1-2-6-14-13(5-1)17-15(19-14)18-11-3-4-12-7-9-16-10-8-12;/h1-2,5-6,12,16H,3-4,7-11H2;1H. The third-order valence-electron chi connectivity index (χ3n) is 3.72. The molecule has 0 spiro atoms. The van der Waals surface area contributed by atoms with Gasteiger partial charge in [-0.2, -0.15) is 4.98 Å². The molecule has 0 aliphatic carbocycles. The Kier molecular flexibility index (Phi) is 5.68. The number of para-hydroxylation sites is 2. The molecule has 2 heterocycles. The highest BCUT2D eigenvalue weighted by Gasteiger charge is 2.12. The number of hydrogen-bond acceptors (Lipinski definition) is 4. The smallest absolute Gasteiger partial charge is 0.394 e. The van der Waals surface area contributed by atoms with Gasteiger partial charge in [-0.3, -0.25) is 0 Å². The van der Waals surface area contributed by atoms with Crippen molar-refractivity contribution in [3.05, 3.63) is 24.3 Å². The van der Waals surface area contributed by atoms with Crippen LogP contribution in [0.4, 0.5) is 0 Å². The number of oxazole rings is 1. The Morgan fingerprint density at radius 2 is 2.05 bits per heavy atom. The Balaban J connectivity index is 0.00000147. The van der Waals surface area contributed by atoms with Gasteiger partial charge in [-0.1, -0.05) is 12.1 Å². The molecule has 0 amide bonds. The lowest BCUT2D eigenvalue weighted by molar-refractivity contribution is 0.218. The number of benzene rings is 1. The highest BCUT2D eigenvalue weighted by molar-refractivity contribution is 5.85. The lowest BCUT2D eigenvalue weighted by atomic mass is 9.93. The molecule has 1 aromatic carbocycles. The zero-order valence-electron chi connectivity index (χ0n) is 11.5. The molecule has 4 nitrogen and oxygen atoms in total. The van der Waals surface area contributed by atoms with Crippen molar-refractivity contribution in [3.8, 4) is 6.08 Å². The topological polar surface area (TPSA) is 47.3 Å². The molecule has 1 aromatic heterocycles. The molecular formula is C15H21ClN2O2. The lowest BCUT2D eigenvalue weighted by Gasteiger charge is -2.22. The summed E-state index contributed by atoms with van der Waals surface area (Å²) in [6.45, 7) is 3.02. The molecule has 1 fully saturated rings. The molecule has 0 saturated carbocycles. The molecule has 1 aliphatic rings. The second kappa shape index (κ2) is 7.50. The minimum atomic E-state index is 0. The Morgan fingerprint density at radius 3 is 2.85 bits per heavy atom. The molecule has 0 unspecified atom stereocenters. The van der Waals surface area contributed by atoms with Crippen LogP contribution in [-0.4, -0.2) is 24.7 Å². The van der Waals surface area contributed by atoms with Gasteiger partial charge in [-0.05, 0) is 56.8 Å². The monoisotopic (exact) mass is 296 g/mol. The van der Waals surface area contributed by atoms with Gasteiger partial charge in [0, 0.05) is 0 Å². The van der Waals surface area contributed by atoms with E-state index in [1.165, 1.54) is 19.3 Å². The minimum Gasteiger partial charge on any atom is -0.450 e. The van der Waals surface area contributed by atoms with E-state index in [1.807, 2.05) is 24.3 Å². The molecule has 1 saturated heterocycles. The zero-order chi connectivity index (χ0) is 12.9. The van der Waals surface area contributed by atoms with E-state index < -0.39 is 0 Å². The van der Waals surface area contributed by atoms with E-state index in [1.54, 1.807) is 0 Å². The van der Waals surface area contributed by atoms with E-state index >= 15 is 0 Å². The summed E-state index contributed by atoms with van der Waals surface area (Å²) in [5.74, 6) is 0.855. The zero-order valence-corrected chi connectivity index (χ0v) is 12.3. The first-order chi connectivity index (χ1) is 9.42. The quantitative estimate of drug-likeness (QED) is 0.859. The predicted octanol–water partition coefficient (Wildman–Crippen LogP) is 3.41. The maximum Gasteiger partial charge on any atom is 0.394 e. The van der Waals surface area contributed by atoms with E-state index in [9.17, 15) is 0 Å². The van der Waals surface area contributed by atoms with Crippen molar-refractivity contribution in [1.29, 1.82) is 0 Å². The summed E-state index contributed by atoms with van der Waals surface area (Å²) < 4.78 is 11.1. The molecule has 0 bridgehead atoms. The fourth-order valence-corrected chi connectivity index (χ4v) is 2.61. The van der Waals surface area contributed by atoms with Crippen molar-refractivity contribution < 1.29 is 9.15 Å². The molecule has 0 radical (unpaired) electrons. The van der Waals surface area contributed by atoms with Crippen molar-refractivity contribution in [3.63, 3.8) is 0 Å². The normalized spacial score (nSPS) is 16.0. The van der Waals surface area contributed by atoms with Crippen LogP contribution in [0, 0.1) is 5.92 Å². The van der Waals surface area contributed by atoms with Gasteiger partial charge in [0.1, 0.15) is 5.52 Å². The fraction of sp³-hybridized carbons (Fsp3) is 0.533. The first kappa shape index (κ1) is 15.1. The van der Waals surface area contributed by atoms with Crippen molar-refractivity contribution in [1.82, 2.24) is 10.3 Å². The number of hydrogen-bond donors (Lipinski definition) is 1. The first-order valence-corrected chi connectivity index (χ1v) is 7.11. The largest absolute Gasteiger partial charge is 0.450 e. The maximum atomic E-state index is 5.59. The number of rotatable bonds is 5. The average Bonchev–Trinajstić information content (AvgIpc) is 2.87. The number of nitrogens with zero attached hydrogens (tertiary/aromatic N) is 1. The van der Waals surface area contributed by atoms with E-state index in [-0.39, 0.29) is 12.4 Å². The number of fused-ring (bicyclic) bond motifs is 1. The van der Waals surface area contributed by atoms with Crippen LogP contribution < -0.4 is 10.1 Å². The predicted molar refractivity (Wildman–Crippen MR) is 81.6 cm³/mol. The summed E-state index contributed by atoms with van der Waals surface area (Å²) in [5, 5.41) is 3.39. The van der Waals surface area contributed by atoms with Gasteiger partial charge in [0.25, 0.3) is 0 Å². The van der Waals surface area contributed by atoms with Gasteiger partial charge in [0.05, 0.1) is 6.61 Å². The highest BCUT2D eigenvalue weighted by Crippen LogP contribution is 2.21. The molecular weight excluding hydrogens is 276 g/mol. The summed E-state index contributed by atoms with van der Waals surface area (Å²) in [6, 6.07) is 7.73. The molecule has 3 rings (SSSR count). The van der Waals surface area contributed by atoms with Crippen LogP contribution in [0.3, 0.4) is 0 Å². The molecule has 5 heteroatoms. The van der Waals surface area contributed by atoms with Crippen LogP contribution in [0.2, 0.25) is 0 Å². The van der Waals surface area contributed by atoms with Gasteiger partial charge in [0.2, 0.25) is 0 Å². The van der Waals surface area contributed by atoms with Crippen molar-refractivity contribution in [2.45, 2.75) is 25.7 Å². The highest BCUT2D eigenvalue weighted by atomic mass is 35.5. The Morgan fingerprint density at radius 1 is 1.25 bits per heavy atom. The molecule has 2 aromatic rings. The van der Waals surface area contributed by atoms with Crippen LogP contribution in [-0.2, 0) is 0 Å². The maximum absolute atomic E-state index is 5.59. The third kappa shape index (κ3) is 3.87. The van der Waals surface area contributed by atoms with E-state index in [2.05, 4.69) is 10.3 Å². The Bertz CT molecular complexity index is 490. The van der Waals surface area contributed by atoms with Crippen LogP contribution in [0.1, 0.15) is 25.7 Å². The van der Waals surface area contributed by atoms with Crippen molar-refractivity contribution >= 4 is 23.5 Å². The molecule has 1 N–H and O–H groups in total. The minimum absolute atomic E-state index is 0. The Hall–Kier alpha value is -1.26. The number of halogens is 1. The second-order valence-corrected chi connectivity index (χ2v) is 5.13. The van der Waals surface area contributed by atoms with E-state index in [0.717, 1.165) is 36.5 Å². The summed E-state index contributed by atoms with van der Waals surface area (Å²) in [4.78, 5) is 4.30. The molecule has 20 heavy (non-hydrogen) atoms. The number of piperidine rings is 1. The van der Waals surface area contributed by atoms with Crippen LogP contribution in [0.15, 0.2) is 28.7 Å². The Labute approximate surface area is 125 Å². The first-order valence-electron chi connectivity index (χ1n) is 7.11.